The number of aliphatic hydroxyl groups excluding tert-OH is 1. The second kappa shape index (κ2) is 8.51. The number of ether oxygens (including phenoxy) is 1. The van der Waals surface area contributed by atoms with Crippen LogP contribution >= 0.6 is 15.9 Å². The van der Waals surface area contributed by atoms with Gasteiger partial charge in [0.25, 0.3) is 0 Å². The molecule has 4 heteroatoms. The van der Waals surface area contributed by atoms with Crippen LogP contribution < -0.4 is 5.32 Å². The Morgan fingerprint density at radius 1 is 1.44 bits per heavy atom. The fraction of sp³-hybridized carbons (Fsp3) is 0.571. The molecule has 0 radical (unpaired) electrons. The Bertz CT molecular complexity index is 358. The topological polar surface area (TPSA) is 41.5 Å². The Morgan fingerprint density at radius 2 is 2.22 bits per heavy atom. The predicted octanol–water partition coefficient (Wildman–Crippen LogP) is 3.35. The number of aryl methyl sites for hydroxylation is 1. The monoisotopic (exact) mass is 315 g/mol. The van der Waals surface area contributed by atoms with E-state index in [1.807, 2.05) is 25.1 Å². The van der Waals surface area contributed by atoms with Crippen LogP contribution in [0.1, 0.15) is 25.3 Å². The van der Waals surface area contributed by atoms with Gasteiger partial charge in [0, 0.05) is 23.3 Å². The van der Waals surface area contributed by atoms with Crippen molar-refractivity contribution in [2.24, 2.45) is 0 Å². The zero-order chi connectivity index (χ0) is 13.4. The number of anilines is 1. The maximum absolute atomic E-state index is 9.76. The fourth-order valence-corrected chi connectivity index (χ4v) is 2.05. The molecule has 18 heavy (non-hydrogen) atoms. The maximum atomic E-state index is 9.76. The zero-order valence-corrected chi connectivity index (χ0v) is 12.7. The minimum absolute atomic E-state index is 0.391. The second-order valence-electron chi connectivity index (χ2n) is 4.42. The number of hydrogen-bond acceptors (Lipinski definition) is 3. The first-order chi connectivity index (χ1) is 8.63. The summed E-state index contributed by atoms with van der Waals surface area (Å²) in [5.74, 6) is 0. The smallest absolute Gasteiger partial charge is 0.0945 e. The van der Waals surface area contributed by atoms with Gasteiger partial charge >= 0.3 is 0 Å². The van der Waals surface area contributed by atoms with Crippen molar-refractivity contribution in [2.45, 2.75) is 32.8 Å². The van der Waals surface area contributed by atoms with Crippen LogP contribution in [0.3, 0.4) is 0 Å². The molecule has 0 heterocycles. The molecular formula is C14H22BrNO2. The Hall–Kier alpha value is -0.580. The number of aliphatic hydroxyl groups is 1. The van der Waals surface area contributed by atoms with Gasteiger partial charge in [-0.3, -0.25) is 0 Å². The highest BCUT2D eigenvalue weighted by Gasteiger charge is 2.05. The summed E-state index contributed by atoms with van der Waals surface area (Å²) in [6.45, 7) is 5.79. The van der Waals surface area contributed by atoms with Gasteiger partial charge in [-0.2, -0.15) is 0 Å². The van der Waals surface area contributed by atoms with E-state index in [1.165, 1.54) is 0 Å². The Labute approximate surface area is 118 Å². The van der Waals surface area contributed by atoms with Gasteiger partial charge in [-0.1, -0.05) is 29.3 Å². The number of unbranched alkanes of at least 4 members (excludes halogenated alkanes) is 1. The zero-order valence-electron chi connectivity index (χ0n) is 11.1. The molecular weight excluding hydrogens is 294 g/mol. The van der Waals surface area contributed by atoms with Crippen LogP contribution in [-0.4, -0.2) is 31.0 Å². The van der Waals surface area contributed by atoms with E-state index in [0.717, 1.165) is 35.2 Å². The molecule has 1 aromatic carbocycles. The average Bonchev–Trinajstić information content (AvgIpc) is 2.33. The first-order valence-corrected chi connectivity index (χ1v) is 7.18. The lowest BCUT2D eigenvalue weighted by atomic mass is 10.2. The van der Waals surface area contributed by atoms with Crippen LogP contribution in [0.5, 0.6) is 0 Å². The van der Waals surface area contributed by atoms with Gasteiger partial charge in [0.2, 0.25) is 0 Å². The molecule has 1 aromatic rings. The third-order valence-electron chi connectivity index (χ3n) is 2.67. The predicted molar refractivity (Wildman–Crippen MR) is 79.1 cm³/mol. The average molecular weight is 316 g/mol. The SMILES string of the molecule is CCCCOCC(O)CNc1ccc(Br)cc1C. The van der Waals surface area contributed by atoms with E-state index < -0.39 is 6.10 Å². The normalized spacial score (nSPS) is 12.4. The van der Waals surface area contributed by atoms with Gasteiger partial charge in [-0.15, -0.1) is 0 Å². The molecule has 0 saturated carbocycles. The summed E-state index contributed by atoms with van der Waals surface area (Å²) < 4.78 is 6.44. The van der Waals surface area contributed by atoms with Gasteiger partial charge in [0.05, 0.1) is 12.7 Å². The molecule has 0 aromatic heterocycles. The van der Waals surface area contributed by atoms with Gasteiger partial charge in [-0.05, 0) is 37.1 Å². The first kappa shape index (κ1) is 15.5. The largest absolute Gasteiger partial charge is 0.389 e. The molecule has 3 nitrogen and oxygen atoms in total. The third-order valence-corrected chi connectivity index (χ3v) is 3.16. The number of nitrogens with one attached hydrogen (secondary N) is 1. The highest BCUT2D eigenvalue weighted by Crippen LogP contribution is 2.19. The molecule has 0 aliphatic rings. The van der Waals surface area contributed by atoms with Crippen molar-refractivity contribution in [3.05, 3.63) is 28.2 Å². The van der Waals surface area contributed by atoms with E-state index in [2.05, 4.69) is 28.2 Å². The lowest BCUT2D eigenvalue weighted by Gasteiger charge is -2.14. The van der Waals surface area contributed by atoms with Gasteiger partial charge in [0.15, 0.2) is 0 Å². The molecule has 0 spiro atoms. The summed E-state index contributed by atoms with van der Waals surface area (Å²) in [5, 5.41) is 13.0. The number of hydrogen-bond donors (Lipinski definition) is 2. The molecule has 0 fully saturated rings. The molecule has 0 bridgehead atoms. The summed E-state index contributed by atoms with van der Waals surface area (Å²) >= 11 is 3.43. The summed E-state index contributed by atoms with van der Waals surface area (Å²) in [6, 6.07) is 6.04. The summed E-state index contributed by atoms with van der Waals surface area (Å²) in [4.78, 5) is 0. The Kier molecular flexibility index (Phi) is 7.32. The van der Waals surface area contributed by atoms with Crippen LogP contribution in [0.25, 0.3) is 0 Å². The van der Waals surface area contributed by atoms with E-state index in [4.69, 9.17) is 4.74 Å². The molecule has 2 N–H and O–H groups in total. The van der Waals surface area contributed by atoms with Crippen LogP contribution in [0, 0.1) is 6.92 Å². The van der Waals surface area contributed by atoms with Crippen molar-refractivity contribution < 1.29 is 9.84 Å². The van der Waals surface area contributed by atoms with Crippen LogP contribution in [0.4, 0.5) is 5.69 Å². The quantitative estimate of drug-likeness (QED) is 0.723. The standard InChI is InChI=1S/C14H22BrNO2/c1-3-4-7-18-10-13(17)9-16-14-6-5-12(15)8-11(14)2/h5-6,8,13,16-17H,3-4,7,9-10H2,1-2H3. The summed E-state index contributed by atoms with van der Waals surface area (Å²) in [7, 11) is 0. The first-order valence-electron chi connectivity index (χ1n) is 6.39. The second-order valence-corrected chi connectivity index (χ2v) is 5.34. The number of benzene rings is 1. The fourth-order valence-electron chi connectivity index (χ4n) is 1.58. The molecule has 1 unspecified atom stereocenters. The minimum atomic E-state index is -0.468. The Balaban J connectivity index is 2.27. The molecule has 1 atom stereocenters. The lowest BCUT2D eigenvalue weighted by Crippen LogP contribution is -2.25. The summed E-state index contributed by atoms with van der Waals surface area (Å²) in [5.41, 5.74) is 2.20. The van der Waals surface area contributed by atoms with Crippen molar-refractivity contribution in [1.29, 1.82) is 0 Å². The molecule has 0 amide bonds. The van der Waals surface area contributed by atoms with Gasteiger partial charge in [0.1, 0.15) is 0 Å². The lowest BCUT2D eigenvalue weighted by molar-refractivity contribution is 0.0421. The molecule has 102 valence electrons. The Morgan fingerprint density at radius 3 is 2.89 bits per heavy atom. The van der Waals surface area contributed by atoms with Crippen molar-refractivity contribution in [2.75, 3.05) is 25.1 Å². The molecule has 0 aliphatic heterocycles. The van der Waals surface area contributed by atoms with E-state index in [9.17, 15) is 5.11 Å². The molecule has 1 rings (SSSR count). The third kappa shape index (κ3) is 5.85. The van der Waals surface area contributed by atoms with E-state index in [0.29, 0.717) is 13.2 Å². The molecule has 0 aliphatic carbocycles. The maximum Gasteiger partial charge on any atom is 0.0945 e. The highest BCUT2D eigenvalue weighted by molar-refractivity contribution is 9.10. The highest BCUT2D eigenvalue weighted by atomic mass is 79.9. The summed E-state index contributed by atoms with van der Waals surface area (Å²) in [6.07, 6.45) is 1.70. The van der Waals surface area contributed by atoms with Crippen molar-refractivity contribution in [3.63, 3.8) is 0 Å². The number of rotatable bonds is 8. The van der Waals surface area contributed by atoms with E-state index >= 15 is 0 Å². The number of halogens is 1. The van der Waals surface area contributed by atoms with E-state index in [1.54, 1.807) is 0 Å². The van der Waals surface area contributed by atoms with Gasteiger partial charge < -0.3 is 15.2 Å². The van der Waals surface area contributed by atoms with Crippen LogP contribution in [0.15, 0.2) is 22.7 Å². The van der Waals surface area contributed by atoms with E-state index in [-0.39, 0.29) is 0 Å². The van der Waals surface area contributed by atoms with Crippen molar-refractivity contribution >= 4 is 21.6 Å². The molecule has 0 saturated heterocycles. The van der Waals surface area contributed by atoms with Crippen LogP contribution in [-0.2, 0) is 4.74 Å². The minimum Gasteiger partial charge on any atom is -0.389 e. The van der Waals surface area contributed by atoms with Crippen molar-refractivity contribution in [1.82, 2.24) is 0 Å². The van der Waals surface area contributed by atoms with Crippen molar-refractivity contribution in [3.8, 4) is 0 Å². The van der Waals surface area contributed by atoms with Crippen LogP contribution in [0.2, 0.25) is 0 Å². The van der Waals surface area contributed by atoms with Gasteiger partial charge in [-0.25, -0.2) is 0 Å².